The van der Waals surface area contributed by atoms with Gasteiger partial charge in [-0.2, -0.15) is 0 Å². The molecule has 180 valence electrons. The van der Waals surface area contributed by atoms with Crippen molar-refractivity contribution in [3.8, 4) is 11.1 Å². The van der Waals surface area contributed by atoms with E-state index in [1.807, 2.05) is 24.0 Å². The molecule has 1 aromatic carbocycles. The van der Waals surface area contributed by atoms with Gasteiger partial charge in [-0.15, -0.1) is 0 Å². The van der Waals surface area contributed by atoms with Crippen molar-refractivity contribution in [2.45, 2.75) is 33.3 Å². The van der Waals surface area contributed by atoms with Crippen LogP contribution in [0.5, 0.6) is 0 Å². The Morgan fingerprint density at radius 3 is 2.47 bits per heavy atom. The highest BCUT2D eigenvalue weighted by Crippen LogP contribution is 2.36. The number of anilines is 2. The van der Waals surface area contributed by atoms with Gasteiger partial charge in [-0.1, -0.05) is 11.3 Å². The van der Waals surface area contributed by atoms with Crippen molar-refractivity contribution in [3.05, 3.63) is 30.1 Å². The minimum atomic E-state index is -0.756. The van der Waals surface area contributed by atoms with Crippen molar-refractivity contribution in [1.29, 1.82) is 0 Å². The normalized spacial score (nSPS) is 15.4. The van der Waals surface area contributed by atoms with Crippen LogP contribution in [0.2, 0.25) is 0 Å². The number of benzene rings is 1. The highest BCUT2D eigenvalue weighted by molar-refractivity contribution is 7.22. The van der Waals surface area contributed by atoms with Crippen LogP contribution in [0.4, 0.5) is 15.9 Å². The number of amides is 2. The van der Waals surface area contributed by atoms with Gasteiger partial charge in [-0.3, -0.25) is 9.69 Å². The minimum Gasteiger partial charge on any atom is -0.481 e. The number of thiazole rings is 1. The summed E-state index contributed by atoms with van der Waals surface area (Å²) in [4.78, 5) is 40.5. The van der Waals surface area contributed by atoms with E-state index in [1.54, 1.807) is 26.4 Å². The molecule has 1 saturated heterocycles. The number of hydrogen-bond donors (Lipinski definition) is 2. The van der Waals surface area contributed by atoms with Crippen LogP contribution in [0, 0.1) is 5.41 Å². The molecule has 0 bridgehead atoms. The van der Waals surface area contributed by atoms with Crippen molar-refractivity contribution >= 4 is 44.6 Å². The van der Waals surface area contributed by atoms with Crippen molar-refractivity contribution < 1.29 is 19.4 Å². The largest absolute Gasteiger partial charge is 0.481 e. The van der Waals surface area contributed by atoms with Crippen molar-refractivity contribution in [2.24, 2.45) is 11.1 Å². The summed E-state index contributed by atoms with van der Waals surface area (Å²) >= 11 is 1.41. The van der Waals surface area contributed by atoms with Gasteiger partial charge in [0.15, 0.2) is 5.13 Å². The zero-order valence-corrected chi connectivity index (χ0v) is 20.3. The van der Waals surface area contributed by atoms with Crippen LogP contribution in [0.15, 0.2) is 24.5 Å². The molecule has 0 radical (unpaired) electrons. The Morgan fingerprint density at radius 1 is 1.24 bits per heavy atom. The number of aromatic nitrogens is 3. The van der Waals surface area contributed by atoms with Gasteiger partial charge in [0.1, 0.15) is 0 Å². The number of nitrogens with two attached hydrogens (primary N) is 1. The standard InChI is InChI=1S/C23H28N6O4S/c1-4-29(20(24)32)22-27-17-10-14(9-15(13-33-3)18(17)34-22)16-11-25-21(26-12-16)28-7-5-23(2,6-8-28)19(30)31/h9-12H,4-8,13H2,1-3H3,(H2,24,32)(H,30,31). The van der Waals surface area contributed by atoms with Crippen molar-refractivity contribution in [2.75, 3.05) is 36.5 Å². The second-order valence-electron chi connectivity index (χ2n) is 8.62. The van der Waals surface area contributed by atoms with E-state index in [2.05, 4.69) is 15.0 Å². The topological polar surface area (TPSA) is 135 Å². The number of carbonyl (C=O) groups is 2. The Hall–Kier alpha value is -3.31. The zero-order chi connectivity index (χ0) is 24.5. The third-order valence-electron chi connectivity index (χ3n) is 6.31. The Kier molecular flexibility index (Phi) is 6.67. The minimum absolute atomic E-state index is 0.393. The predicted molar refractivity (Wildman–Crippen MR) is 131 cm³/mol. The van der Waals surface area contributed by atoms with Gasteiger partial charge in [0, 0.05) is 44.7 Å². The molecule has 1 fully saturated rings. The maximum atomic E-state index is 11.8. The first-order valence-electron chi connectivity index (χ1n) is 11.1. The Balaban J connectivity index is 1.62. The second-order valence-corrected chi connectivity index (χ2v) is 9.60. The molecule has 34 heavy (non-hydrogen) atoms. The van der Waals surface area contributed by atoms with Gasteiger partial charge in [-0.05, 0) is 49.9 Å². The molecule has 2 aromatic heterocycles. The van der Waals surface area contributed by atoms with E-state index in [-0.39, 0.29) is 0 Å². The van der Waals surface area contributed by atoms with E-state index in [1.165, 1.54) is 16.2 Å². The number of urea groups is 1. The molecule has 0 aliphatic carbocycles. The molecular formula is C23H28N6O4S. The first-order chi connectivity index (χ1) is 16.3. The number of carboxylic acids is 1. The fourth-order valence-corrected chi connectivity index (χ4v) is 5.18. The van der Waals surface area contributed by atoms with Crippen LogP contribution in [0.1, 0.15) is 32.3 Å². The molecule has 10 nitrogen and oxygen atoms in total. The van der Waals surface area contributed by atoms with Crippen molar-refractivity contribution in [1.82, 2.24) is 15.0 Å². The quantitative estimate of drug-likeness (QED) is 0.520. The fourth-order valence-electron chi connectivity index (χ4n) is 4.07. The number of hydrogen-bond acceptors (Lipinski definition) is 8. The number of aliphatic carboxylic acids is 1. The zero-order valence-electron chi connectivity index (χ0n) is 19.4. The lowest BCUT2D eigenvalue weighted by Crippen LogP contribution is -2.43. The summed E-state index contributed by atoms with van der Waals surface area (Å²) in [5.41, 5.74) is 8.22. The smallest absolute Gasteiger partial charge is 0.321 e. The van der Waals surface area contributed by atoms with E-state index >= 15 is 0 Å². The Bertz CT molecular complexity index is 1200. The van der Waals surface area contributed by atoms with Gasteiger partial charge in [0.2, 0.25) is 5.95 Å². The molecule has 11 heteroatoms. The van der Waals surface area contributed by atoms with Crippen LogP contribution in [0.3, 0.4) is 0 Å². The number of carboxylic acid groups (broad SMARTS) is 1. The number of methoxy groups -OCH3 is 1. The highest BCUT2D eigenvalue weighted by Gasteiger charge is 2.37. The number of primary amides is 1. The summed E-state index contributed by atoms with van der Waals surface area (Å²) in [5.74, 6) is -0.167. The van der Waals surface area contributed by atoms with E-state index in [4.69, 9.17) is 10.5 Å². The lowest BCUT2D eigenvalue weighted by atomic mass is 9.80. The number of nitrogens with zero attached hydrogens (tertiary/aromatic N) is 5. The highest BCUT2D eigenvalue weighted by atomic mass is 32.1. The molecule has 1 aliphatic rings. The summed E-state index contributed by atoms with van der Waals surface area (Å²) in [6.45, 7) is 5.66. The lowest BCUT2D eigenvalue weighted by Gasteiger charge is -2.36. The van der Waals surface area contributed by atoms with Gasteiger partial charge < -0.3 is 20.5 Å². The molecular weight excluding hydrogens is 456 g/mol. The van der Waals surface area contributed by atoms with Gasteiger partial charge in [-0.25, -0.2) is 19.7 Å². The molecule has 0 spiro atoms. The predicted octanol–water partition coefficient (Wildman–Crippen LogP) is 3.50. The molecule has 3 aromatic rings. The van der Waals surface area contributed by atoms with Gasteiger partial charge in [0.05, 0.1) is 22.2 Å². The SMILES string of the molecule is CCN(C(N)=O)c1nc2cc(-c3cnc(N4CCC(C)(C(=O)O)CC4)nc3)cc(COC)c2s1. The fraction of sp³-hybridized carbons (Fsp3) is 0.435. The monoisotopic (exact) mass is 484 g/mol. The maximum Gasteiger partial charge on any atom is 0.321 e. The molecule has 0 unspecified atom stereocenters. The second kappa shape index (κ2) is 9.51. The van der Waals surface area contributed by atoms with E-state index in [9.17, 15) is 14.7 Å². The summed E-state index contributed by atoms with van der Waals surface area (Å²) in [7, 11) is 1.63. The van der Waals surface area contributed by atoms with Crippen molar-refractivity contribution in [3.63, 3.8) is 0 Å². The average molecular weight is 485 g/mol. The van der Waals surface area contributed by atoms with E-state index < -0.39 is 17.4 Å². The van der Waals surface area contributed by atoms with Crippen LogP contribution in [-0.4, -0.2) is 58.8 Å². The lowest BCUT2D eigenvalue weighted by molar-refractivity contribution is -0.149. The summed E-state index contributed by atoms with van der Waals surface area (Å²) < 4.78 is 6.33. The summed E-state index contributed by atoms with van der Waals surface area (Å²) in [6, 6.07) is 3.42. The van der Waals surface area contributed by atoms with Gasteiger partial charge in [0.25, 0.3) is 0 Å². The molecule has 0 atom stereocenters. The van der Waals surface area contributed by atoms with Crippen LogP contribution in [-0.2, 0) is 16.1 Å². The first-order valence-corrected chi connectivity index (χ1v) is 11.9. The number of fused-ring (bicyclic) bond motifs is 1. The molecule has 3 heterocycles. The van der Waals surface area contributed by atoms with Gasteiger partial charge >= 0.3 is 12.0 Å². The van der Waals surface area contributed by atoms with E-state index in [0.29, 0.717) is 50.2 Å². The molecule has 4 rings (SSSR count). The average Bonchev–Trinajstić information content (AvgIpc) is 3.24. The number of ether oxygens (including phenoxy) is 1. The Morgan fingerprint density at radius 2 is 1.91 bits per heavy atom. The summed E-state index contributed by atoms with van der Waals surface area (Å²) in [6.07, 6.45) is 4.63. The maximum absolute atomic E-state index is 11.8. The Labute approximate surface area is 201 Å². The van der Waals surface area contributed by atoms with Crippen LogP contribution in [0.25, 0.3) is 21.3 Å². The van der Waals surface area contributed by atoms with Crippen LogP contribution < -0.4 is 15.5 Å². The number of carbonyl (C=O) groups excluding carboxylic acids is 1. The third-order valence-corrected chi connectivity index (χ3v) is 7.48. The third kappa shape index (κ3) is 4.53. The molecule has 0 saturated carbocycles. The van der Waals surface area contributed by atoms with E-state index in [0.717, 1.165) is 26.9 Å². The first kappa shape index (κ1) is 23.8. The molecule has 2 amide bonds. The van der Waals surface area contributed by atoms with Crippen LogP contribution >= 0.6 is 11.3 Å². The molecule has 1 aliphatic heterocycles. The summed E-state index contributed by atoms with van der Waals surface area (Å²) in [5, 5.41) is 9.98. The number of piperidine rings is 1. The molecule has 3 N–H and O–H groups in total. The number of rotatable bonds is 7.